The van der Waals surface area contributed by atoms with Crippen molar-refractivity contribution >= 4 is 17.4 Å². The highest BCUT2D eigenvalue weighted by atomic mass is 16.5. The van der Waals surface area contributed by atoms with Gasteiger partial charge in [0.25, 0.3) is 0 Å². The number of piperidine rings is 1. The quantitative estimate of drug-likeness (QED) is 0.862. The summed E-state index contributed by atoms with van der Waals surface area (Å²) in [6.45, 7) is 6.55. The topological polar surface area (TPSA) is 80.5 Å². The molecule has 0 saturated carbocycles. The lowest BCUT2D eigenvalue weighted by Crippen LogP contribution is -2.41. The van der Waals surface area contributed by atoms with Gasteiger partial charge in [0.1, 0.15) is 5.82 Å². The molecule has 132 valence electrons. The highest BCUT2D eigenvalue weighted by Gasteiger charge is 2.27. The zero-order chi connectivity index (χ0) is 17.0. The smallest absolute Gasteiger partial charge is 0.222 e. The van der Waals surface area contributed by atoms with Crippen molar-refractivity contribution in [1.29, 1.82) is 0 Å². The van der Waals surface area contributed by atoms with Crippen LogP contribution in [0, 0.1) is 11.3 Å². The van der Waals surface area contributed by atoms with Crippen LogP contribution in [0.1, 0.15) is 32.6 Å². The molecule has 6 heteroatoms. The van der Waals surface area contributed by atoms with Gasteiger partial charge in [0.15, 0.2) is 0 Å². The molecular weight excluding hydrogens is 304 g/mol. The van der Waals surface area contributed by atoms with E-state index >= 15 is 0 Å². The highest BCUT2D eigenvalue weighted by molar-refractivity contribution is 5.77. The summed E-state index contributed by atoms with van der Waals surface area (Å²) in [4.78, 5) is 18.1. The molecule has 2 fully saturated rings. The number of nitrogens with zero attached hydrogens (tertiary/aromatic N) is 2. The van der Waals surface area contributed by atoms with Crippen molar-refractivity contribution in [3.63, 3.8) is 0 Å². The van der Waals surface area contributed by atoms with Crippen LogP contribution in [0.15, 0.2) is 18.3 Å². The van der Waals surface area contributed by atoms with Crippen LogP contribution in [0.25, 0.3) is 0 Å². The average molecular weight is 332 g/mol. The van der Waals surface area contributed by atoms with Gasteiger partial charge >= 0.3 is 0 Å². The summed E-state index contributed by atoms with van der Waals surface area (Å²) in [5.41, 5.74) is 6.78. The first-order valence-corrected chi connectivity index (χ1v) is 8.88. The van der Waals surface area contributed by atoms with Gasteiger partial charge in [0, 0.05) is 32.8 Å². The van der Waals surface area contributed by atoms with Crippen molar-refractivity contribution in [2.24, 2.45) is 17.1 Å². The molecule has 6 nitrogen and oxygen atoms in total. The first-order valence-electron chi connectivity index (χ1n) is 8.88. The molecule has 0 bridgehead atoms. The van der Waals surface area contributed by atoms with Gasteiger partial charge in [-0.3, -0.25) is 4.79 Å². The summed E-state index contributed by atoms with van der Waals surface area (Å²) < 4.78 is 5.45. The van der Waals surface area contributed by atoms with Gasteiger partial charge in [-0.15, -0.1) is 0 Å². The van der Waals surface area contributed by atoms with Gasteiger partial charge in [-0.2, -0.15) is 0 Å². The minimum absolute atomic E-state index is 0.0631. The van der Waals surface area contributed by atoms with E-state index in [1.807, 2.05) is 12.3 Å². The Balaban J connectivity index is 1.56. The monoisotopic (exact) mass is 332 g/mol. The molecular formula is C18H28N4O2. The first-order chi connectivity index (χ1) is 11.6. The van der Waals surface area contributed by atoms with Crippen LogP contribution >= 0.6 is 0 Å². The molecule has 1 atom stereocenters. The van der Waals surface area contributed by atoms with Crippen molar-refractivity contribution < 1.29 is 9.53 Å². The standard InChI is InChI=1S/C18H28N4O2/c1-18(6-9-24-10-7-18)13-21-15-4-5-16(20-11-15)22-8-2-3-14(12-22)17(19)23/h4-5,11,14,21H,2-3,6-10,12-13H2,1H3,(H2,19,23). The van der Waals surface area contributed by atoms with Gasteiger partial charge in [-0.05, 0) is 43.2 Å². The summed E-state index contributed by atoms with van der Waals surface area (Å²) in [5.74, 6) is 0.651. The number of aromatic nitrogens is 1. The maximum Gasteiger partial charge on any atom is 0.222 e. The van der Waals surface area contributed by atoms with Crippen LogP contribution in [0.3, 0.4) is 0 Å². The number of amides is 1. The SMILES string of the molecule is CC1(CNc2ccc(N3CCCC(C(N)=O)C3)nc2)CCOCC1. The summed E-state index contributed by atoms with van der Waals surface area (Å²) >= 11 is 0. The van der Waals surface area contributed by atoms with E-state index in [0.717, 1.165) is 63.5 Å². The molecule has 3 N–H and O–H groups in total. The van der Waals surface area contributed by atoms with Gasteiger partial charge in [-0.25, -0.2) is 4.98 Å². The van der Waals surface area contributed by atoms with Crippen LogP contribution < -0.4 is 16.0 Å². The third kappa shape index (κ3) is 4.17. The number of rotatable bonds is 5. The fraction of sp³-hybridized carbons (Fsp3) is 0.667. The minimum Gasteiger partial charge on any atom is -0.383 e. The molecule has 3 rings (SSSR count). The number of carbonyl (C=O) groups is 1. The number of nitrogens with one attached hydrogen (secondary N) is 1. The van der Waals surface area contributed by atoms with E-state index in [-0.39, 0.29) is 11.8 Å². The van der Waals surface area contributed by atoms with Gasteiger partial charge in [-0.1, -0.05) is 6.92 Å². The third-order valence-electron chi connectivity index (χ3n) is 5.31. The maximum atomic E-state index is 11.4. The molecule has 1 aromatic heterocycles. The second-order valence-corrected chi connectivity index (χ2v) is 7.37. The Labute approximate surface area is 143 Å². The van der Waals surface area contributed by atoms with E-state index in [1.165, 1.54) is 0 Å². The van der Waals surface area contributed by atoms with Crippen LogP contribution in [0.4, 0.5) is 11.5 Å². The Morgan fingerprint density at radius 3 is 2.92 bits per heavy atom. The fourth-order valence-electron chi connectivity index (χ4n) is 3.45. The zero-order valence-corrected chi connectivity index (χ0v) is 14.5. The third-order valence-corrected chi connectivity index (χ3v) is 5.31. The van der Waals surface area contributed by atoms with Crippen LogP contribution in [-0.2, 0) is 9.53 Å². The molecule has 1 amide bonds. The normalized spacial score (nSPS) is 23.7. The second-order valence-electron chi connectivity index (χ2n) is 7.37. The molecule has 0 spiro atoms. The number of primary amides is 1. The van der Waals surface area contributed by atoms with E-state index in [1.54, 1.807) is 0 Å². The minimum atomic E-state index is -0.206. The number of carbonyl (C=O) groups excluding carboxylic acids is 1. The molecule has 1 aromatic rings. The fourth-order valence-corrected chi connectivity index (χ4v) is 3.45. The van der Waals surface area contributed by atoms with E-state index in [9.17, 15) is 4.79 Å². The van der Waals surface area contributed by atoms with Crippen molar-refractivity contribution in [3.8, 4) is 0 Å². The Kier molecular flexibility index (Phi) is 5.23. The van der Waals surface area contributed by atoms with Gasteiger partial charge in [0.2, 0.25) is 5.91 Å². The van der Waals surface area contributed by atoms with Crippen molar-refractivity contribution in [3.05, 3.63) is 18.3 Å². The van der Waals surface area contributed by atoms with E-state index < -0.39 is 0 Å². The van der Waals surface area contributed by atoms with Crippen LogP contribution in [0.5, 0.6) is 0 Å². The predicted octanol–water partition coefficient (Wildman–Crippen LogP) is 2.01. The van der Waals surface area contributed by atoms with E-state index in [4.69, 9.17) is 10.5 Å². The second kappa shape index (κ2) is 7.38. The van der Waals surface area contributed by atoms with Crippen molar-refractivity contribution in [2.75, 3.05) is 43.1 Å². The summed E-state index contributed by atoms with van der Waals surface area (Å²) in [7, 11) is 0. The Hall–Kier alpha value is -1.82. The zero-order valence-electron chi connectivity index (χ0n) is 14.5. The van der Waals surface area contributed by atoms with E-state index in [2.05, 4.69) is 28.2 Å². The lowest BCUT2D eigenvalue weighted by Gasteiger charge is -2.34. The number of anilines is 2. The molecule has 0 aliphatic carbocycles. The van der Waals surface area contributed by atoms with Crippen molar-refractivity contribution in [1.82, 2.24) is 4.98 Å². The molecule has 2 aliphatic rings. The number of pyridine rings is 1. The Bertz CT molecular complexity index is 555. The molecule has 2 saturated heterocycles. The number of nitrogens with two attached hydrogens (primary N) is 1. The number of hydrogen-bond donors (Lipinski definition) is 2. The molecule has 1 unspecified atom stereocenters. The molecule has 3 heterocycles. The van der Waals surface area contributed by atoms with E-state index in [0.29, 0.717) is 12.0 Å². The largest absolute Gasteiger partial charge is 0.383 e. The Morgan fingerprint density at radius 2 is 2.25 bits per heavy atom. The first kappa shape index (κ1) is 17.0. The summed E-state index contributed by atoms with van der Waals surface area (Å²) in [6.07, 6.45) is 5.93. The number of hydrogen-bond acceptors (Lipinski definition) is 5. The van der Waals surface area contributed by atoms with Gasteiger partial charge < -0.3 is 20.7 Å². The van der Waals surface area contributed by atoms with Crippen molar-refractivity contribution in [2.45, 2.75) is 32.6 Å². The Morgan fingerprint density at radius 1 is 1.46 bits per heavy atom. The average Bonchev–Trinajstić information content (AvgIpc) is 2.61. The maximum absolute atomic E-state index is 11.4. The molecule has 24 heavy (non-hydrogen) atoms. The highest BCUT2D eigenvalue weighted by Crippen LogP contribution is 2.30. The molecule has 0 aromatic carbocycles. The van der Waals surface area contributed by atoms with Gasteiger partial charge in [0.05, 0.1) is 17.8 Å². The molecule has 2 aliphatic heterocycles. The summed E-state index contributed by atoms with van der Waals surface area (Å²) in [5, 5.41) is 3.50. The molecule has 0 radical (unpaired) electrons. The summed E-state index contributed by atoms with van der Waals surface area (Å²) in [6, 6.07) is 4.09. The lowest BCUT2D eigenvalue weighted by molar-refractivity contribution is -0.122. The number of ether oxygens (including phenoxy) is 1. The van der Waals surface area contributed by atoms with Crippen LogP contribution in [0.2, 0.25) is 0 Å². The van der Waals surface area contributed by atoms with Crippen LogP contribution in [-0.4, -0.2) is 43.7 Å². The predicted molar refractivity (Wildman–Crippen MR) is 95.0 cm³/mol. The lowest BCUT2D eigenvalue weighted by atomic mass is 9.82.